The summed E-state index contributed by atoms with van der Waals surface area (Å²) in [5.74, 6) is -0.225. The van der Waals surface area contributed by atoms with Crippen molar-refractivity contribution < 1.29 is 22.7 Å². The molecule has 0 heterocycles. The van der Waals surface area contributed by atoms with Gasteiger partial charge in [-0.2, -0.15) is 18.4 Å². The Morgan fingerprint density at radius 1 is 1.18 bits per heavy atom. The zero-order chi connectivity index (χ0) is 20.6. The van der Waals surface area contributed by atoms with Gasteiger partial charge in [-0.05, 0) is 36.8 Å². The third-order valence-electron chi connectivity index (χ3n) is 3.76. The van der Waals surface area contributed by atoms with Crippen LogP contribution in [0.4, 0.5) is 13.2 Å². The fourth-order valence-electron chi connectivity index (χ4n) is 2.50. The summed E-state index contributed by atoms with van der Waals surface area (Å²) in [6.45, 7) is 0.650. The number of hydrogen-bond acceptors (Lipinski definition) is 3. The van der Waals surface area contributed by atoms with Crippen molar-refractivity contribution in [3.05, 3.63) is 71.3 Å². The maximum absolute atomic E-state index is 12.9. The molecule has 0 bridgehead atoms. The summed E-state index contributed by atoms with van der Waals surface area (Å²) in [6, 6.07) is 14.9. The number of nitriles is 1. The molecule has 7 heteroatoms. The zero-order valence-corrected chi connectivity index (χ0v) is 15.2. The Bertz CT molecular complexity index is 868. The highest BCUT2D eigenvalue weighted by atomic mass is 19.4. The molecule has 146 valence electrons. The SMILES string of the molecule is CCOc1ccccc1/C=C/C(=O)N(Cc1ccc(C#N)cc1)CC(F)(F)F. The quantitative estimate of drug-likeness (QED) is 0.654. The highest BCUT2D eigenvalue weighted by Crippen LogP contribution is 2.21. The molecule has 0 spiro atoms. The molecular weight excluding hydrogens is 369 g/mol. The standard InChI is InChI=1S/C21H19F3N2O2/c1-2-28-19-6-4-3-5-18(19)11-12-20(27)26(15-21(22,23)24)14-17-9-7-16(13-25)8-10-17/h3-12H,2,14-15H2,1H3/b12-11+. The van der Waals surface area contributed by atoms with Crippen molar-refractivity contribution in [2.75, 3.05) is 13.2 Å². The molecule has 0 aliphatic carbocycles. The number of para-hydroxylation sites is 1. The van der Waals surface area contributed by atoms with Crippen LogP contribution in [0.3, 0.4) is 0 Å². The van der Waals surface area contributed by atoms with Gasteiger partial charge in [0.05, 0.1) is 18.2 Å². The van der Waals surface area contributed by atoms with E-state index >= 15 is 0 Å². The van der Waals surface area contributed by atoms with Gasteiger partial charge >= 0.3 is 6.18 Å². The van der Waals surface area contributed by atoms with E-state index in [2.05, 4.69) is 0 Å². The van der Waals surface area contributed by atoms with Crippen LogP contribution in [-0.2, 0) is 11.3 Å². The smallest absolute Gasteiger partial charge is 0.406 e. The van der Waals surface area contributed by atoms with Crippen LogP contribution in [0.25, 0.3) is 6.08 Å². The lowest BCUT2D eigenvalue weighted by molar-refractivity contribution is -0.159. The Kier molecular flexibility index (Phi) is 7.21. The van der Waals surface area contributed by atoms with Crippen LogP contribution in [0.1, 0.15) is 23.6 Å². The number of alkyl halides is 3. The first-order valence-electron chi connectivity index (χ1n) is 8.57. The number of benzene rings is 2. The number of carbonyl (C=O) groups excluding carboxylic acids is 1. The Morgan fingerprint density at radius 3 is 2.46 bits per heavy atom. The van der Waals surface area contributed by atoms with Gasteiger partial charge < -0.3 is 9.64 Å². The Labute approximate surface area is 161 Å². The van der Waals surface area contributed by atoms with Gasteiger partial charge in [-0.3, -0.25) is 4.79 Å². The van der Waals surface area contributed by atoms with Crippen molar-refractivity contribution in [1.82, 2.24) is 4.90 Å². The summed E-state index contributed by atoms with van der Waals surface area (Å²) in [6.07, 6.45) is -1.98. The lowest BCUT2D eigenvalue weighted by Crippen LogP contribution is -2.37. The number of carbonyl (C=O) groups is 1. The predicted molar refractivity (Wildman–Crippen MR) is 99.3 cm³/mol. The monoisotopic (exact) mass is 388 g/mol. The van der Waals surface area contributed by atoms with E-state index in [1.54, 1.807) is 24.3 Å². The van der Waals surface area contributed by atoms with E-state index in [9.17, 15) is 18.0 Å². The lowest BCUT2D eigenvalue weighted by atomic mass is 10.1. The Balaban J connectivity index is 2.20. The zero-order valence-electron chi connectivity index (χ0n) is 15.2. The van der Waals surface area contributed by atoms with E-state index in [0.29, 0.717) is 33.9 Å². The molecule has 28 heavy (non-hydrogen) atoms. The van der Waals surface area contributed by atoms with Crippen molar-refractivity contribution in [2.45, 2.75) is 19.6 Å². The average molecular weight is 388 g/mol. The van der Waals surface area contributed by atoms with E-state index in [1.165, 1.54) is 30.3 Å². The summed E-state index contributed by atoms with van der Waals surface area (Å²) in [5.41, 5.74) is 1.49. The third-order valence-corrected chi connectivity index (χ3v) is 3.76. The van der Waals surface area contributed by atoms with E-state index in [4.69, 9.17) is 10.00 Å². The number of amides is 1. The number of ether oxygens (including phenoxy) is 1. The topological polar surface area (TPSA) is 53.3 Å². The van der Waals surface area contributed by atoms with Crippen molar-refractivity contribution in [3.63, 3.8) is 0 Å². The number of hydrogen-bond donors (Lipinski definition) is 0. The van der Waals surface area contributed by atoms with E-state index in [1.807, 2.05) is 13.0 Å². The second-order valence-electron chi connectivity index (χ2n) is 5.92. The highest BCUT2D eigenvalue weighted by molar-refractivity contribution is 5.92. The van der Waals surface area contributed by atoms with Crippen LogP contribution in [-0.4, -0.2) is 30.1 Å². The third kappa shape index (κ3) is 6.47. The van der Waals surface area contributed by atoms with Crippen LogP contribution >= 0.6 is 0 Å². The molecule has 2 rings (SSSR count). The Hall–Kier alpha value is -3.27. The van der Waals surface area contributed by atoms with Gasteiger partial charge in [0.25, 0.3) is 0 Å². The molecule has 0 unspecified atom stereocenters. The summed E-state index contributed by atoms with van der Waals surface area (Å²) in [4.78, 5) is 13.1. The molecule has 2 aromatic carbocycles. The molecule has 1 amide bonds. The minimum Gasteiger partial charge on any atom is -0.493 e. The normalized spacial score (nSPS) is 11.2. The molecule has 0 radical (unpaired) electrons. The van der Waals surface area contributed by atoms with E-state index < -0.39 is 18.6 Å². The number of nitrogens with zero attached hydrogens (tertiary/aromatic N) is 2. The summed E-state index contributed by atoms with van der Waals surface area (Å²) in [7, 11) is 0. The van der Waals surface area contributed by atoms with Crippen LogP contribution in [0.2, 0.25) is 0 Å². The Morgan fingerprint density at radius 2 is 1.86 bits per heavy atom. The maximum atomic E-state index is 12.9. The predicted octanol–water partition coefficient (Wildman–Crippen LogP) is 4.56. The fourth-order valence-corrected chi connectivity index (χ4v) is 2.50. The second-order valence-corrected chi connectivity index (χ2v) is 5.92. The van der Waals surface area contributed by atoms with Crippen LogP contribution in [0, 0.1) is 11.3 Å². The van der Waals surface area contributed by atoms with Crippen molar-refractivity contribution in [2.24, 2.45) is 0 Å². The van der Waals surface area contributed by atoms with Crippen LogP contribution in [0.15, 0.2) is 54.6 Å². The maximum Gasteiger partial charge on any atom is 0.406 e. The first kappa shape index (κ1) is 21.0. The molecule has 0 aromatic heterocycles. The van der Waals surface area contributed by atoms with E-state index in [-0.39, 0.29) is 6.54 Å². The first-order valence-corrected chi connectivity index (χ1v) is 8.57. The number of rotatable bonds is 7. The molecular formula is C21H19F3N2O2. The second kappa shape index (κ2) is 9.60. The van der Waals surface area contributed by atoms with Gasteiger partial charge in [0.1, 0.15) is 12.3 Å². The molecule has 0 atom stereocenters. The lowest BCUT2D eigenvalue weighted by Gasteiger charge is -2.23. The largest absolute Gasteiger partial charge is 0.493 e. The molecule has 0 N–H and O–H groups in total. The van der Waals surface area contributed by atoms with Gasteiger partial charge in [-0.1, -0.05) is 30.3 Å². The van der Waals surface area contributed by atoms with Crippen molar-refractivity contribution in [3.8, 4) is 11.8 Å². The van der Waals surface area contributed by atoms with E-state index in [0.717, 1.165) is 6.08 Å². The van der Waals surface area contributed by atoms with Gasteiger partial charge in [0, 0.05) is 18.2 Å². The average Bonchev–Trinajstić information content (AvgIpc) is 2.66. The number of halogens is 3. The molecule has 0 fully saturated rings. The van der Waals surface area contributed by atoms with Crippen LogP contribution < -0.4 is 4.74 Å². The summed E-state index contributed by atoms with van der Waals surface area (Å²) >= 11 is 0. The van der Waals surface area contributed by atoms with Gasteiger partial charge in [0.2, 0.25) is 5.91 Å². The summed E-state index contributed by atoms with van der Waals surface area (Å²) < 4.78 is 44.2. The highest BCUT2D eigenvalue weighted by Gasteiger charge is 2.32. The molecule has 0 aliphatic rings. The minimum absolute atomic E-state index is 0.221. The molecule has 4 nitrogen and oxygen atoms in total. The molecule has 0 aliphatic heterocycles. The van der Waals surface area contributed by atoms with Gasteiger partial charge in [-0.25, -0.2) is 0 Å². The van der Waals surface area contributed by atoms with Crippen molar-refractivity contribution >= 4 is 12.0 Å². The first-order chi connectivity index (χ1) is 13.3. The molecule has 0 saturated carbocycles. The fraction of sp³-hybridized carbons (Fsp3) is 0.238. The van der Waals surface area contributed by atoms with Crippen LogP contribution in [0.5, 0.6) is 5.75 Å². The molecule has 2 aromatic rings. The van der Waals surface area contributed by atoms with Crippen molar-refractivity contribution in [1.29, 1.82) is 5.26 Å². The van der Waals surface area contributed by atoms with Gasteiger partial charge in [0.15, 0.2) is 0 Å². The summed E-state index contributed by atoms with van der Waals surface area (Å²) in [5, 5.41) is 8.81. The van der Waals surface area contributed by atoms with Gasteiger partial charge in [-0.15, -0.1) is 0 Å². The minimum atomic E-state index is -4.53. The molecule has 0 saturated heterocycles.